The lowest BCUT2D eigenvalue weighted by Crippen LogP contribution is -2.32. The van der Waals surface area contributed by atoms with Gasteiger partial charge in [0.2, 0.25) is 0 Å². The molecule has 1 fully saturated rings. The normalized spacial score (nSPS) is 30.6. The number of hydrogen-bond donors (Lipinski definition) is 1. The van der Waals surface area contributed by atoms with E-state index in [1.807, 2.05) is 16.8 Å². The van der Waals surface area contributed by atoms with E-state index in [-0.39, 0.29) is 11.5 Å². The molecule has 1 N–H and O–H groups in total. The zero-order valence-electron chi connectivity index (χ0n) is 7.64. The molecule has 1 aliphatic heterocycles. The summed E-state index contributed by atoms with van der Waals surface area (Å²) < 4.78 is 22.4. The first kappa shape index (κ1) is 10.1. The van der Waals surface area contributed by atoms with Gasteiger partial charge in [-0.05, 0) is 28.8 Å². The highest BCUT2D eigenvalue weighted by Crippen LogP contribution is 2.27. The minimum absolute atomic E-state index is 0.0875. The highest BCUT2D eigenvalue weighted by atomic mass is 32.2. The Morgan fingerprint density at radius 1 is 1.57 bits per heavy atom. The molecule has 14 heavy (non-hydrogen) atoms. The van der Waals surface area contributed by atoms with E-state index in [0.29, 0.717) is 12.8 Å². The number of aliphatic hydroxyl groups is 1. The van der Waals surface area contributed by atoms with Gasteiger partial charge in [-0.1, -0.05) is 0 Å². The smallest absolute Gasteiger partial charge is 0.153 e. The molecule has 1 atom stereocenters. The Morgan fingerprint density at radius 3 is 2.86 bits per heavy atom. The summed E-state index contributed by atoms with van der Waals surface area (Å²) in [5.74, 6) is 0.0312. The van der Waals surface area contributed by atoms with Crippen molar-refractivity contribution in [3.63, 3.8) is 0 Å². The molecule has 0 spiro atoms. The maximum atomic E-state index is 11.2. The Hall–Kier alpha value is -0.390. The van der Waals surface area contributed by atoms with Crippen molar-refractivity contribution in [2.45, 2.75) is 18.4 Å². The van der Waals surface area contributed by atoms with Gasteiger partial charge in [-0.25, -0.2) is 8.42 Å². The second-order valence-electron chi connectivity index (χ2n) is 3.87. The predicted molar refractivity (Wildman–Crippen MR) is 56.2 cm³/mol. The SMILES string of the molecule is O=S1(=O)CCC(O)(Cc2ccsc2)C1. The molecule has 2 rings (SSSR count). The van der Waals surface area contributed by atoms with Crippen LogP contribution >= 0.6 is 11.3 Å². The maximum absolute atomic E-state index is 11.2. The Labute approximate surface area is 87.3 Å². The van der Waals surface area contributed by atoms with Crippen molar-refractivity contribution in [1.82, 2.24) is 0 Å². The fraction of sp³-hybridized carbons (Fsp3) is 0.556. The quantitative estimate of drug-likeness (QED) is 0.822. The first-order valence-electron chi connectivity index (χ1n) is 4.43. The van der Waals surface area contributed by atoms with Crippen molar-refractivity contribution >= 4 is 21.2 Å². The summed E-state index contributed by atoms with van der Waals surface area (Å²) in [6.07, 6.45) is 0.820. The van der Waals surface area contributed by atoms with Gasteiger partial charge in [-0.3, -0.25) is 0 Å². The van der Waals surface area contributed by atoms with Crippen molar-refractivity contribution in [2.75, 3.05) is 11.5 Å². The van der Waals surface area contributed by atoms with Gasteiger partial charge in [-0.2, -0.15) is 11.3 Å². The van der Waals surface area contributed by atoms with Crippen molar-refractivity contribution in [1.29, 1.82) is 0 Å². The summed E-state index contributed by atoms with van der Waals surface area (Å²) in [7, 11) is -3.00. The van der Waals surface area contributed by atoms with Crippen molar-refractivity contribution in [3.8, 4) is 0 Å². The van der Waals surface area contributed by atoms with Crippen molar-refractivity contribution < 1.29 is 13.5 Å². The predicted octanol–water partition coefficient (Wildman–Crippen LogP) is 0.840. The van der Waals surface area contributed by atoms with E-state index in [1.165, 1.54) is 0 Å². The maximum Gasteiger partial charge on any atom is 0.153 e. The molecule has 0 radical (unpaired) electrons. The Morgan fingerprint density at radius 2 is 2.36 bits per heavy atom. The highest BCUT2D eigenvalue weighted by Gasteiger charge is 2.40. The van der Waals surface area contributed by atoms with Crippen molar-refractivity contribution in [3.05, 3.63) is 22.4 Å². The minimum atomic E-state index is -3.00. The summed E-state index contributed by atoms with van der Waals surface area (Å²) in [6, 6.07) is 1.92. The molecule has 1 unspecified atom stereocenters. The number of thiophene rings is 1. The molecule has 1 aromatic rings. The molecule has 0 bridgehead atoms. The summed E-state index contributed by atoms with van der Waals surface area (Å²) in [5, 5.41) is 13.9. The monoisotopic (exact) mass is 232 g/mol. The summed E-state index contributed by atoms with van der Waals surface area (Å²) in [4.78, 5) is 0. The molecule has 0 saturated carbocycles. The average molecular weight is 232 g/mol. The fourth-order valence-corrected chi connectivity index (χ4v) is 4.38. The zero-order chi connectivity index (χ0) is 10.2. The standard InChI is InChI=1S/C9H12O3S2/c10-9(2-4-14(11,12)7-9)5-8-1-3-13-6-8/h1,3,6,10H,2,4-5,7H2. The van der Waals surface area contributed by atoms with Gasteiger partial charge >= 0.3 is 0 Å². The molecule has 0 amide bonds. The van der Waals surface area contributed by atoms with E-state index in [4.69, 9.17) is 0 Å². The second-order valence-corrected chi connectivity index (χ2v) is 6.84. The lowest BCUT2D eigenvalue weighted by Gasteiger charge is -2.19. The molecule has 5 heteroatoms. The van der Waals surface area contributed by atoms with Gasteiger partial charge < -0.3 is 5.11 Å². The van der Waals surface area contributed by atoms with Crippen LogP contribution in [0.4, 0.5) is 0 Å². The first-order valence-corrected chi connectivity index (χ1v) is 7.19. The zero-order valence-corrected chi connectivity index (χ0v) is 9.27. The minimum Gasteiger partial charge on any atom is -0.388 e. The van der Waals surface area contributed by atoms with Gasteiger partial charge in [0.05, 0.1) is 17.1 Å². The van der Waals surface area contributed by atoms with Crippen LogP contribution in [0.3, 0.4) is 0 Å². The van der Waals surface area contributed by atoms with Crippen LogP contribution in [0.25, 0.3) is 0 Å². The van der Waals surface area contributed by atoms with Crippen LogP contribution in [-0.2, 0) is 16.3 Å². The van der Waals surface area contributed by atoms with E-state index in [2.05, 4.69) is 0 Å². The first-order chi connectivity index (χ1) is 6.49. The van der Waals surface area contributed by atoms with E-state index >= 15 is 0 Å². The highest BCUT2D eigenvalue weighted by molar-refractivity contribution is 7.91. The molecule has 0 aromatic carbocycles. The largest absolute Gasteiger partial charge is 0.388 e. The van der Waals surface area contributed by atoms with Crippen LogP contribution in [0, 0.1) is 0 Å². The van der Waals surface area contributed by atoms with Gasteiger partial charge in [0.15, 0.2) is 9.84 Å². The Balaban J connectivity index is 2.12. The third kappa shape index (κ3) is 2.16. The van der Waals surface area contributed by atoms with Crippen LogP contribution in [0.2, 0.25) is 0 Å². The van der Waals surface area contributed by atoms with Crippen molar-refractivity contribution in [2.24, 2.45) is 0 Å². The molecular formula is C9H12O3S2. The number of rotatable bonds is 2. The van der Waals surface area contributed by atoms with Crippen LogP contribution in [0.15, 0.2) is 16.8 Å². The van der Waals surface area contributed by atoms with E-state index in [9.17, 15) is 13.5 Å². The van der Waals surface area contributed by atoms with Crippen LogP contribution < -0.4 is 0 Å². The summed E-state index contributed by atoms with van der Waals surface area (Å²) in [6.45, 7) is 0. The Bertz CT molecular complexity index is 407. The topological polar surface area (TPSA) is 54.4 Å². The van der Waals surface area contributed by atoms with E-state index in [0.717, 1.165) is 5.56 Å². The fourth-order valence-electron chi connectivity index (χ4n) is 1.81. The molecule has 3 nitrogen and oxygen atoms in total. The van der Waals surface area contributed by atoms with Crippen LogP contribution in [0.1, 0.15) is 12.0 Å². The third-order valence-electron chi connectivity index (χ3n) is 2.48. The van der Waals surface area contributed by atoms with Gasteiger partial charge in [0.25, 0.3) is 0 Å². The molecule has 1 aromatic heterocycles. The summed E-state index contributed by atoms with van der Waals surface area (Å²) in [5.41, 5.74) is -0.00509. The molecule has 1 saturated heterocycles. The Kier molecular flexibility index (Phi) is 2.41. The van der Waals surface area contributed by atoms with Gasteiger partial charge in [0.1, 0.15) is 0 Å². The third-order valence-corrected chi connectivity index (χ3v) is 5.02. The van der Waals surface area contributed by atoms with Crippen LogP contribution in [-0.4, -0.2) is 30.6 Å². The number of hydrogen-bond acceptors (Lipinski definition) is 4. The molecule has 1 aliphatic rings. The lowest BCUT2D eigenvalue weighted by atomic mass is 9.96. The second kappa shape index (κ2) is 3.32. The molecular weight excluding hydrogens is 220 g/mol. The summed E-state index contributed by atoms with van der Waals surface area (Å²) >= 11 is 1.56. The number of sulfone groups is 1. The van der Waals surface area contributed by atoms with E-state index < -0.39 is 15.4 Å². The van der Waals surface area contributed by atoms with Gasteiger partial charge in [-0.15, -0.1) is 0 Å². The molecule has 78 valence electrons. The molecule has 2 heterocycles. The molecule has 0 aliphatic carbocycles. The van der Waals surface area contributed by atoms with Crippen LogP contribution in [0.5, 0.6) is 0 Å². The van der Waals surface area contributed by atoms with E-state index in [1.54, 1.807) is 11.3 Å². The lowest BCUT2D eigenvalue weighted by molar-refractivity contribution is 0.0683. The van der Waals surface area contributed by atoms with Gasteiger partial charge in [0, 0.05) is 6.42 Å². The average Bonchev–Trinajstić information content (AvgIpc) is 2.60.